The Labute approximate surface area is 115 Å². The Morgan fingerprint density at radius 1 is 1.35 bits per heavy atom. The number of aliphatic hydroxyl groups excluding tert-OH is 1. The highest BCUT2D eigenvalue weighted by Crippen LogP contribution is 2.18. The molecule has 1 fully saturated rings. The van der Waals surface area contributed by atoms with Crippen molar-refractivity contribution in [2.45, 2.75) is 6.42 Å². The van der Waals surface area contributed by atoms with E-state index in [9.17, 15) is 4.79 Å². The Kier molecular flexibility index (Phi) is 3.42. The summed E-state index contributed by atoms with van der Waals surface area (Å²) in [5.41, 5.74) is 1.45. The Bertz CT molecular complexity index is 581. The molecule has 7 heteroatoms. The molecule has 0 spiro atoms. The van der Waals surface area contributed by atoms with E-state index in [-0.39, 0.29) is 18.4 Å². The molecule has 1 saturated heterocycles. The van der Waals surface area contributed by atoms with E-state index >= 15 is 0 Å². The van der Waals surface area contributed by atoms with Crippen molar-refractivity contribution in [3.63, 3.8) is 0 Å². The lowest BCUT2D eigenvalue weighted by atomic mass is 10.1. The van der Waals surface area contributed by atoms with Crippen molar-refractivity contribution < 1.29 is 9.90 Å². The van der Waals surface area contributed by atoms with Gasteiger partial charge in [0.25, 0.3) is 5.91 Å². The average molecular weight is 273 g/mol. The van der Waals surface area contributed by atoms with Crippen LogP contribution in [0.4, 0.5) is 0 Å². The lowest BCUT2D eigenvalue weighted by Gasteiger charge is -2.16. The van der Waals surface area contributed by atoms with Gasteiger partial charge < -0.3 is 10.0 Å². The lowest BCUT2D eigenvalue weighted by molar-refractivity contribution is 0.0782. The third-order valence-electron chi connectivity index (χ3n) is 3.56. The molecule has 1 amide bonds. The first kappa shape index (κ1) is 12.7. The van der Waals surface area contributed by atoms with E-state index in [1.54, 1.807) is 17.0 Å². The van der Waals surface area contributed by atoms with E-state index in [1.807, 2.05) is 12.1 Å². The maximum atomic E-state index is 12.3. The molecule has 104 valence electrons. The first-order chi connectivity index (χ1) is 9.78. The Balaban J connectivity index is 1.73. The summed E-state index contributed by atoms with van der Waals surface area (Å²) < 4.78 is 1.53. The second-order valence-electron chi connectivity index (χ2n) is 4.89. The van der Waals surface area contributed by atoms with Crippen LogP contribution in [0.2, 0.25) is 0 Å². The Hall–Kier alpha value is -2.28. The zero-order valence-electron chi connectivity index (χ0n) is 10.9. The highest BCUT2D eigenvalue weighted by Gasteiger charge is 2.26. The number of nitrogens with zero attached hydrogens (tertiary/aromatic N) is 5. The number of carbonyl (C=O) groups is 1. The van der Waals surface area contributed by atoms with Crippen LogP contribution >= 0.6 is 0 Å². The quantitative estimate of drug-likeness (QED) is 0.858. The predicted octanol–water partition coefficient (Wildman–Crippen LogP) is 0.117. The summed E-state index contributed by atoms with van der Waals surface area (Å²) in [6.07, 6.45) is 2.37. The van der Waals surface area contributed by atoms with Gasteiger partial charge in [-0.3, -0.25) is 4.79 Å². The van der Waals surface area contributed by atoms with Gasteiger partial charge in [-0.05, 0) is 41.1 Å². The molecule has 0 bridgehead atoms. The number of benzene rings is 1. The smallest absolute Gasteiger partial charge is 0.253 e. The molecule has 20 heavy (non-hydrogen) atoms. The van der Waals surface area contributed by atoms with Crippen molar-refractivity contribution in [3.05, 3.63) is 36.2 Å². The Morgan fingerprint density at radius 2 is 2.15 bits per heavy atom. The van der Waals surface area contributed by atoms with Gasteiger partial charge >= 0.3 is 0 Å². The van der Waals surface area contributed by atoms with Gasteiger partial charge in [0.1, 0.15) is 6.33 Å². The number of rotatable bonds is 3. The molecule has 1 unspecified atom stereocenters. The minimum atomic E-state index is 0.00390. The molecule has 1 aliphatic heterocycles. The summed E-state index contributed by atoms with van der Waals surface area (Å²) in [5, 5.41) is 20.1. The highest BCUT2D eigenvalue weighted by molar-refractivity contribution is 5.94. The van der Waals surface area contributed by atoms with Crippen LogP contribution in [-0.4, -0.2) is 55.8 Å². The van der Waals surface area contributed by atoms with Crippen LogP contribution < -0.4 is 0 Å². The first-order valence-electron chi connectivity index (χ1n) is 6.51. The van der Waals surface area contributed by atoms with Crippen LogP contribution in [0.3, 0.4) is 0 Å². The second kappa shape index (κ2) is 5.38. The minimum Gasteiger partial charge on any atom is -0.396 e. The number of likely N-dealkylation sites (tertiary alicyclic amines) is 1. The average Bonchev–Trinajstić information content (AvgIpc) is 3.18. The van der Waals surface area contributed by atoms with Crippen LogP contribution in [0.5, 0.6) is 0 Å². The molecule has 1 aromatic carbocycles. The fraction of sp³-hybridized carbons (Fsp3) is 0.385. The van der Waals surface area contributed by atoms with Crippen molar-refractivity contribution in [2.75, 3.05) is 19.7 Å². The number of amides is 1. The van der Waals surface area contributed by atoms with E-state index in [1.165, 1.54) is 11.0 Å². The summed E-state index contributed by atoms with van der Waals surface area (Å²) >= 11 is 0. The van der Waals surface area contributed by atoms with Crippen molar-refractivity contribution in [1.82, 2.24) is 25.1 Å². The summed E-state index contributed by atoms with van der Waals surface area (Å²) in [6, 6.07) is 7.16. The van der Waals surface area contributed by atoms with Crippen LogP contribution in [-0.2, 0) is 0 Å². The fourth-order valence-corrected chi connectivity index (χ4v) is 2.39. The molecule has 0 aliphatic carbocycles. The van der Waals surface area contributed by atoms with Gasteiger partial charge in [-0.15, -0.1) is 5.10 Å². The van der Waals surface area contributed by atoms with Crippen molar-refractivity contribution in [1.29, 1.82) is 0 Å². The van der Waals surface area contributed by atoms with E-state index in [0.717, 1.165) is 12.1 Å². The van der Waals surface area contributed by atoms with Crippen LogP contribution in [0.1, 0.15) is 16.8 Å². The van der Waals surface area contributed by atoms with Crippen LogP contribution in [0.25, 0.3) is 5.69 Å². The maximum Gasteiger partial charge on any atom is 0.253 e. The summed E-state index contributed by atoms with van der Waals surface area (Å²) in [4.78, 5) is 14.1. The van der Waals surface area contributed by atoms with E-state index < -0.39 is 0 Å². The number of hydrogen-bond acceptors (Lipinski definition) is 5. The Morgan fingerprint density at radius 3 is 2.75 bits per heavy atom. The van der Waals surface area contributed by atoms with Gasteiger partial charge in [-0.2, -0.15) is 0 Å². The normalized spacial score (nSPS) is 18.4. The molecular weight excluding hydrogens is 258 g/mol. The number of aliphatic hydroxyl groups is 1. The molecule has 1 atom stereocenters. The van der Waals surface area contributed by atoms with Gasteiger partial charge in [0.2, 0.25) is 0 Å². The van der Waals surface area contributed by atoms with Gasteiger partial charge in [0.05, 0.1) is 5.69 Å². The molecule has 0 radical (unpaired) electrons. The van der Waals surface area contributed by atoms with Crippen LogP contribution in [0, 0.1) is 5.92 Å². The molecule has 0 saturated carbocycles. The molecule has 1 aromatic heterocycles. The van der Waals surface area contributed by atoms with Gasteiger partial charge in [0.15, 0.2) is 0 Å². The van der Waals surface area contributed by atoms with Crippen LogP contribution in [0.15, 0.2) is 30.6 Å². The monoisotopic (exact) mass is 273 g/mol. The SMILES string of the molecule is O=C(c1ccc(-n2cnnn2)cc1)N1CCC(CO)C1. The molecule has 7 nitrogen and oxygen atoms in total. The number of tetrazole rings is 1. The topological polar surface area (TPSA) is 84.1 Å². The largest absolute Gasteiger partial charge is 0.396 e. The summed E-state index contributed by atoms with van der Waals surface area (Å²) in [7, 11) is 0. The first-order valence-corrected chi connectivity index (χ1v) is 6.51. The van der Waals surface area contributed by atoms with Gasteiger partial charge in [0, 0.05) is 31.2 Å². The molecule has 2 aromatic rings. The molecule has 1 aliphatic rings. The third-order valence-corrected chi connectivity index (χ3v) is 3.56. The van der Waals surface area contributed by atoms with E-state index in [4.69, 9.17) is 5.11 Å². The lowest BCUT2D eigenvalue weighted by Crippen LogP contribution is -2.29. The fourth-order valence-electron chi connectivity index (χ4n) is 2.39. The molecule has 3 rings (SSSR count). The standard InChI is InChI=1S/C13H15N5O2/c19-8-10-5-6-17(7-10)13(20)11-1-3-12(4-2-11)18-9-14-15-16-18/h1-4,9-10,19H,5-8H2. The highest BCUT2D eigenvalue weighted by atomic mass is 16.3. The third kappa shape index (κ3) is 2.39. The minimum absolute atomic E-state index is 0.00390. The van der Waals surface area contributed by atoms with E-state index in [0.29, 0.717) is 18.7 Å². The maximum absolute atomic E-state index is 12.3. The number of aromatic nitrogens is 4. The van der Waals surface area contributed by atoms with Gasteiger partial charge in [-0.25, -0.2) is 4.68 Å². The number of hydrogen-bond donors (Lipinski definition) is 1. The molecule has 2 heterocycles. The zero-order valence-corrected chi connectivity index (χ0v) is 10.9. The molecule has 1 N–H and O–H groups in total. The summed E-state index contributed by atoms with van der Waals surface area (Å²) in [5.74, 6) is 0.212. The molecular formula is C13H15N5O2. The van der Waals surface area contributed by atoms with Crippen molar-refractivity contribution >= 4 is 5.91 Å². The van der Waals surface area contributed by atoms with Crippen molar-refractivity contribution in [3.8, 4) is 5.69 Å². The zero-order chi connectivity index (χ0) is 13.9. The second-order valence-corrected chi connectivity index (χ2v) is 4.89. The summed E-state index contributed by atoms with van der Waals surface area (Å²) in [6.45, 7) is 1.48. The predicted molar refractivity (Wildman–Crippen MR) is 70.3 cm³/mol. The van der Waals surface area contributed by atoms with Gasteiger partial charge in [-0.1, -0.05) is 0 Å². The van der Waals surface area contributed by atoms with Crippen molar-refractivity contribution in [2.24, 2.45) is 5.92 Å². The van der Waals surface area contributed by atoms with E-state index in [2.05, 4.69) is 15.5 Å². The number of carbonyl (C=O) groups excluding carboxylic acids is 1.